The molecule has 0 spiro atoms. The Labute approximate surface area is 119 Å². The minimum absolute atomic E-state index is 0.166. The molecule has 3 nitrogen and oxygen atoms in total. The molecule has 2 rings (SSSR count). The van der Waals surface area contributed by atoms with Crippen molar-refractivity contribution in [3.63, 3.8) is 0 Å². The summed E-state index contributed by atoms with van der Waals surface area (Å²) in [6, 6.07) is 7.18. The quantitative estimate of drug-likeness (QED) is 0.776. The van der Waals surface area contributed by atoms with Crippen molar-refractivity contribution in [1.82, 2.24) is 0 Å². The number of nitrogens with one attached hydrogen (secondary N) is 1. The van der Waals surface area contributed by atoms with Crippen LogP contribution in [-0.4, -0.2) is 5.91 Å². The van der Waals surface area contributed by atoms with Gasteiger partial charge in [0.25, 0.3) is 5.91 Å². The lowest BCUT2D eigenvalue weighted by atomic mass is 10.2. The van der Waals surface area contributed by atoms with Gasteiger partial charge in [0, 0.05) is 8.95 Å². The van der Waals surface area contributed by atoms with Crippen LogP contribution >= 0.6 is 43.2 Å². The fraction of sp³-hybridized carbons (Fsp3) is 0. The standard InChI is InChI=1S/C11H8Br2N2OS/c12-6-1-2-9(8(14)5-6)15-11(16)10-7(13)3-4-17-10/h1-5H,14H2,(H,15,16). The number of carbonyl (C=O) groups is 1. The third-order valence-electron chi connectivity index (χ3n) is 2.09. The summed E-state index contributed by atoms with van der Waals surface area (Å²) in [6.07, 6.45) is 0. The van der Waals surface area contributed by atoms with Gasteiger partial charge in [-0.05, 0) is 45.6 Å². The van der Waals surface area contributed by atoms with Crippen molar-refractivity contribution >= 4 is 60.5 Å². The molecule has 0 aliphatic heterocycles. The highest BCUT2D eigenvalue weighted by Gasteiger charge is 2.12. The Morgan fingerprint density at radius 3 is 2.65 bits per heavy atom. The molecule has 0 bridgehead atoms. The average Bonchev–Trinajstić information content (AvgIpc) is 2.68. The van der Waals surface area contributed by atoms with Crippen LogP contribution in [0, 0.1) is 0 Å². The Balaban J connectivity index is 2.22. The molecule has 0 fully saturated rings. The molecule has 0 unspecified atom stereocenters. The molecule has 1 aromatic heterocycles. The maximum absolute atomic E-state index is 11.9. The van der Waals surface area contributed by atoms with Gasteiger partial charge in [-0.15, -0.1) is 11.3 Å². The van der Waals surface area contributed by atoms with Crippen molar-refractivity contribution in [2.45, 2.75) is 0 Å². The van der Waals surface area contributed by atoms with Gasteiger partial charge in [-0.2, -0.15) is 0 Å². The van der Waals surface area contributed by atoms with Gasteiger partial charge in [0.15, 0.2) is 0 Å². The molecule has 17 heavy (non-hydrogen) atoms. The number of nitrogens with two attached hydrogens (primary N) is 1. The number of amides is 1. The van der Waals surface area contributed by atoms with E-state index in [1.807, 2.05) is 17.5 Å². The van der Waals surface area contributed by atoms with Crippen LogP contribution in [0.3, 0.4) is 0 Å². The van der Waals surface area contributed by atoms with Gasteiger partial charge in [-0.1, -0.05) is 15.9 Å². The number of hydrogen-bond acceptors (Lipinski definition) is 3. The second-order valence-corrected chi connectivity index (χ2v) is 5.97. The molecule has 1 amide bonds. The summed E-state index contributed by atoms with van der Waals surface area (Å²) in [5.74, 6) is -0.166. The second kappa shape index (κ2) is 5.20. The van der Waals surface area contributed by atoms with E-state index in [-0.39, 0.29) is 5.91 Å². The molecular weight excluding hydrogens is 368 g/mol. The molecule has 0 saturated carbocycles. The van der Waals surface area contributed by atoms with Crippen LogP contribution < -0.4 is 11.1 Å². The van der Waals surface area contributed by atoms with E-state index in [1.165, 1.54) is 11.3 Å². The van der Waals surface area contributed by atoms with E-state index in [1.54, 1.807) is 12.1 Å². The Morgan fingerprint density at radius 2 is 2.06 bits per heavy atom. The number of nitrogen functional groups attached to an aromatic ring is 1. The molecular formula is C11H8Br2N2OS. The molecule has 88 valence electrons. The Bertz CT molecular complexity index is 568. The van der Waals surface area contributed by atoms with Crippen LogP contribution in [0.2, 0.25) is 0 Å². The highest BCUT2D eigenvalue weighted by molar-refractivity contribution is 9.10. The van der Waals surface area contributed by atoms with E-state index in [0.29, 0.717) is 16.3 Å². The zero-order valence-electron chi connectivity index (χ0n) is 8.54. The van der Waals surface area contributed by atoms with E-state index < -0.39 is 0 Å². The molecule has 2 aromatic rings. The SMILES string of the molecule is Nc1cc(Br)ccc1NC(=O)c1sccc1Br. The fourth-order valence-corrected chi connectivity index (χ4v) is 3.11. The van der Waals surface area contributed by atoms with Crippen LogP contribution in [0.4, 0.5) is 11.4 Å². The number of carbonyl (C=O) groups excluding carboxylic acids is 1. The smallest absolute Gasteiger partial charge is 0.266 e. The number of anilines is 2. The fourth-order valence-electron chi connectivity index (χ4n) is 1.28. The van der Waals surface area contributed by atoms with Gasteiger partial charge >= 0.3 is 0 Å². The van der Waals surface area contributed by atoms with Crippen molar-refractivity contribution in [2.75, 3.05) is 11.1 Å². The maximum Gasteiger partial charge on any atom is 0.266 e. The van der Waals surface area contributed by atoms with Gasteiger partial charge in [0.05, 0.1) is 11.4 Å². The predicted molar refractivity (Wildman–Crippen MR) is 78.5 cm³/mol. The first-order valence-corrected chi connectivity index (χ1v) is 7.14. The lowest BCUT2D eigenvalue weighted by Crippen LogP contribution is -2.12. The summed E-state index contributed by atoms with van der Waals surface area (Å²) < 4.78 is 1.67. The van der Waals surface area contributed by atoms with Gasteiger partial charge in [0.2, 0.25) is 0 Å². The second-order valence-electron chi connectivity index (χ2n) is 3.28. The monoisotopic (exact) mass is 374 g/mol. The number of halogens is 2. The van der Waals surface area contributed by atoms with Gasteiger partial charge in [0.1, 0.15) is 4.88 Å². The molecule has 1 aromatic carbocycles. The van der Waals surface area contributed by atoms with E-state index in [0.717, 1.165) is 8.95 Å². The summed E-state index contributed by atoms with van der Waals surface area (Å²) in [6.45, 7) is 0. The molecule has 0 radical (unpaired) electrons. The zero-order chi connectivity index (χ0) is 12.4. The number of rotatable bonds is 2. The lowest BCUT2D eigenvalue weighted by Gasteiger charge is -2.07. The Kier molecular flexibility index (Phi) is 3.86. The van der Waals surface area contributed by atoms with Crippen LogP contribution in [0.25, 0.3) is 0 Å². The molecule has 0 atom stereocenters. The Morgan fingerprint density at radius 1 is 1.29 bits per heavy atom. The van der Waals surface area contributed by atoms with Crippen molar-refractivity contribution in [3.8, 4) is 0 Å². The van der Waals surface area contributed by atoms with Crippen molar-refractivity contribution < 1.29 is 4.79 Å². The predicted octanol–water partition coefficient (Wildman–Crippen LogP) is 4.11. The number of hydrogen-bond donors (Lipinski definition) is 2. The number of thiophene rings is 1. The summed E-state index contributed by atoms with van der Waals surface area (Å²) >= 11 is 8.01. The third kappa shape index (κ3) is 2.88. The number of benzene rings is 1. The molecule has 0 saturated heterocycles. The topological polar surface area (TPSA) is 55.1 Å². The molecule has 0 aliphatic rings. The van der Waals surface area contributed by atoms with Crippen LogP contribution in [0.1, 0.15) is 9.67 Å². The van der Waals surface area contributed by atoms with Gasteiger partial charge in [-0.25, -0.2) is 0 Å². The molecule has 0 aliphatic carbocycles. The Hall–Kier alpha value is -0.850. The van der Waals surface area contributed by atoms with Crippen LogP contribution in [0.5, 0.6) is 0 Å². The maximum atomic E-state index is 11.9. The minimum atomic E-state index is -0.166. The summed E-state index contributed by atoms with van der Waals surface area (Å²) in [4.78, 5) is 12.6. The first-order chi connectivity index (χ1) is 8.08. The summed E-state index contributed by atoms with van der Waals surface area (Å²) in [7, 11) is 0. The molecule has 3 N–H and O–H groups in total. The van der Waals surface area contributed by atoms with Gasteiger partial charge in [-0.3, -0.25) is 4.79 Å². The minimum Gasteiger partial charge on any atom is -0.397 e. The van der Waals surface area contributed by atoms with Crippen molar-refractivity contribution in [2.24, 2.45) is 0 Å². The zero-order valence-corrected chi connectivity index (χ0v) is 12.5. The average molecular weight is 376 g/mol. The van der Waals surface area contributed by atoms with E-state index in [9.17, 15) is 4.79 Å². The van der Waals surface area contributed by atoms with Crippen molar-refractivity contribution in [3.05, 3.63) is 43.5 Å². The van der Waals surface area contributed by atoms with E-state index in [4.69, 9.17) is 5.73 Å². The summed E-state index contributed by atoms with van der Waals surface area (Å²) in [5.41, 5.74) is 6.95. The van der Waals surface area contributed by atoms with Crippen molar-refractivity contribution in [1.29, 1.82) is 0 Å². The molecule has 6 heteroatoms. The highest BCUT2D eigenvalue weighted by atomic mass is 79.9. The summed E-state index contributed by atoms with van der Waals surface area (Å²) in [5, 5.41) is 4.63. The first kappa shape index (κ1) is 12.6. The highest BCUT2D eigenvalue weighted by Crippen LogP contribution is 2.27. The first-order valence-electron chi connectivity index (χ1n) is 4.67. The van der Waals surface area contributed by atoms with Crippen LogP contribution in [0.15, 0.2) is 38.6 Å². The third-order valence-corrected chi connectivity index (χ3v) is 4.41. The molecule has 1 heterocycles. The lowest BCUT2D eigenvalue weighted by molar-refractivity contribution is 0.103. The van der Waals surface area contributed by atoms with Gasteiger partial charge < -0.3 is 11.1 Å². The van der Waals surface area contributed by atoms with E-state index in [2.05, 4.69) is 37.2 Å². The largest absolute Gasteiger partial charge is 0.397 e. The van der Waals surface area contributed by atoms with Crippen LogP contribution in [-0.2, 0) is 0 Å². The van der Waals surface area contributed by atoms with E-state index >= 15 is 0 Å². The normalized spacial score (nSPS) is 10.2.